The molecule has 0 unspecified atom stereocenters. The zero-order valence-electron chi connectivity index (χ0n) is 11.3. The highest BCUT2D eigenvalue weighted by Crippen LogP contribution is 2.12. The summed E-state index contributed by atoms with van der Waals surface area (Å²) in [5, 5.41) is 9.24. The van der Waals surface area contributed by atoms with E-state index >= 15 is 0 Å². The fourth-order valence-electron chi connectivity index (χ4n) is 1.94. The smallest absolute Gasteiger partial charge is 0.0880 e. The van der Waals surface area contributed by atoms with Crippen molar-refractivity contribution in [3.63, 3.8) is 0 Å². The SMILES string of the molecule is C/C=C(\O)CCCCCCCCCCCC. The van der Waals surface area contributed by atoms with Gasteiger partial charge in [-0.1, -0.05) is 64.7 Å². The van der Waals surface area contributed by atoms with Crippen LogP contribution in [0.15, 0.2) is 11.8 Å². The van der Waals surface area contributed by atoms with E-state index in [2.05, 4.69) is 6.92 Å². The van der Waals surface area contributed by atoms with E-state index in [-0.39, 0.29) is 0 Å². The second-order valence-corrected chi connectivity index (χ2v) is 4.71. The first-order valence-corrected chi connectivity index (χ1v) is 7.15. The second kappa shape index (κ2) is 12.6. The molecule has 0 saturated heterocycles. The normalized spacial score (nSPS) is 12.0. The quantitative estimate of drug-likeness (QED) is 0.351. The molecule has 96 valence electrons. The number of rotatable bonds is 11. The molecule has 0 fully saturated rings. The average molecular weight is 226 g/mol. The van der Waals surface area contributed by atoms with Gasteiger partial charge in [0.2, 0.25) is 0 Å². The maximum absolute atomic E-state index is 9.24. The fourth-order valence-corrected chi connectivity index (χ4v) is 1.94. The summed E-state index contributed by atoms with van der Waals surface area (Å²) in [6, 6.07) is 0. The minimum atomic E-state index is 0.555. The highest BCUT2D eigenvalue weighted by atomic mass is 16.3. The Morgan fingerprint density at radius 3 is 1.69 bits per heavy atom. The predicted octanol–water partition coefficient (Wildman–Crippen LogP) is 5.76. The van der Waals surface area contributed by atoms with Gasteiger partial charge >= 0.3 is 0 Å². The van der Waals surface area contributed by atoms with Crippen LogP contribution in [0, 0.1) is 0 Å². The summed E-state index contributed by atoms with van der Waals surface area (Å²) in [6.45, 7) is 4.16. The van der Waals surface area contributed by atoms with Gasteiger partial charge in [0.25, 0.3) is 0 Å². The minimum absolute atomic E-state index is 0.555. The lowest BCUT2D eigenvalue weighted by molar-refractivity contribution is 0.379. The largest absolute Gasteiger partial charge is 0.513 e. The molecule has 1 heteroatoms. The fraction of sp³-hybridized carbons (Fsp3) is 0.867. The lowest BCUT2D eigenvalue weighted by Crippen LogP contribution is -1.84. The van der Waals surface area contributed by atoms with Crippen LogP contribution < -0.4 is 0 Å². The van der Waals surface area contributed by atoms with Crippen LogP contribution in [0.1, 0.15) is 84.5 Å². The molecule has 0 aromatic rings. The van der Waals surface area contributed by atoms with Gasteiger partial charge in [0.1, 0.15) is 0 Å². The lowest BCUT2D eigenvalue weighted by atomic mass is 10.1. The summed E-state index contributed by atoms with van der Waals surface area (Å²) >= 11 is 0. The van der Waals surface area contributed by atoms with E-state index in [1.807, 2.05) is 6.92 Å². The van der Waals surface area contributed by atoms with Crippen LogP contribution in [-0.2, 0) is 0 Å². The van der Waals surface area contributed by atoms with Crippen molar-refractivity contribution in [1.29, 1.82) is 0 Å². The summed E-state index contributed by atoms with van der Waals surface area (Å²) in [6.07, 6.45) is 16.2. The molecule has 0 saturated carbocycles. The number of hydrogen-bond donors (Lipinski definition) is 1. The summed E-state index contributed by atoms with van der Waals surface area (Å²) in [5.41, 5.74) is 0. The van der Waals surface area contributed by atoms with Crippen LogP contribution in [0.3, 0.4) is 0 Å². The van der Waals surface area contributed by atoms with Crippen molar-refractivity contribution in [2.45, 2.75) is 84.5 Å². The number of aliphatic hydroxyl groups is 1. The van der Waals surface area contributed by atoms with Gasteiger partial charge in [-0.15, -0.1) is 0 Å². The van der Waals surface area contributed by atoms with Crippen molar-refractivity contribution in [2.75, 3.05) is 0 Å². The number of unbranched alkanes of at least 4 members (excludes halogenated alkanes) is 9. The number of hydrogen-bond acceptors (Lipinski definition) is 1. The highest BCUT2D eigenvalue weighted by Gasteiger charge is 1.94. The molecule has 1 N–H and O–H groups in total. The Morgan fingerprint density at radius 1 is 0.812 bits per heavy atom. The molecule has 0 aliphatic heterocycles. The molecule has 16 heavy (non-hydrogen) atoms. The van der Waals surface area contributed by atoms with Crippen LogP contribution in [0.2, 0.25) is 0 Å². The molecular weight excluding hydrogens is 196 g/mol. The molecule has 0 radical (unpaired) electrons. The van der Waals surface area contributed by atoms with Crippen molar-refractivity contribution in [3.05, 3.63) is 11.8 Å². The first kappa shape index (κ1) is 15.5. The Kier molecular flexibility index (Phi) is 12.2. The molecule has 0 aliphatic rings. The van der Waals surface area contributed by atoms with E-state index in [0.29, 0.717) is 5.76 Å². The van der Waals surface area contributed by atoms with Crippen LogP contribution in [0.25, 0.3) is 0 Å². The Labute approximate surface area is 102 Å². The molecule has 0 rings (SSSR count). The Morgan fingerprint density at radius 2 is 1.25 bits per heavy atom. The Bertz CT molecular complexity index is 161. The molecular formula is C15H30O. The second-order valence-electron chi connectivity index (χ2n) is 4.71. The van der Waals surface area contributed by atoms with E-state index in [0.717, 1.165) is 12.8 Å². The van der Waals surface area contributed by atoms with Crippen molar-refractivity contribution in [3.8, 4) is 0 Å². The molecule has 0 atom stereocenters. The molecule has 0 aromatic heterocycles. The third kappa shape index (κ3) is 11.6. The third-order valence-electron chi connectivity index (χ3n) is 3.12. The zero-order chi connectivity index (χ0) is 12.1. The maximum Gasteiger partial charge on any atom is 0.0880 e. The molecule has 0 aliphatic carbocycles. The lowest BCUT2D eigenvalue weighted by Gasteiger charge is -2.02. The van der Waals surface area contributed by atoms with E-state index in [1.54, 1.807) is 6.08 Å². The summed E-state index contributed by atoms with van der Waals surface area (Å²) in [7, 11) is 0. The topological polar surface area (TPSA) is 20.2 Å². The Hall–Kier alpha value is -0.460. The third-order valence-corrected chi connectivity index (χ3v) is 3.12. The van der Waals surface area contributed by atoms with E-state index in [4.69, 9.17) is 0 Å². The van der Waals surface area contributed by atoms with E-state index < -0.39 is 0 Å². The molecule has 0 spiro atoms. The summed E-state index contributed by atoms with van der Waals surface area (Å²) in [4.78, 5) is 0. The Balaban J connectivity index is 2.99. The van der Waals surface area contributed by atoms with Crippen LogP contribution in [-0.4, -0.2) is 5.11 Å². The van der Waals surface area contributed by atoms with Gasteiger partial charge in [0.15, 0.2) is 0 Å². The first-order valence-electron chi connectivity index (χ1n) is 7.15. The van der Waals surface area contributed by atoms with Gasteiger partial charge in [-0.2, -0.15) is 0 Å². The van der Waals surface area contributed by atoms with Gasteiger partial charge in [0.05, 0.1) is 5.76 Å². The maximum atomic E-state index is 9.24. The van der Waals surface area contributed by atoms with Crippen LogP contribution >= 0.6 is 0 Å². The standard InChI is InChI=1S/C15H30O/c1-3-5-6-7-8-9-10-11-12-13-14-15(16)4-2/h4,16H,3,5-14H2,1-2H3/b15-4-. The number of allylic oxidation sites excluding steroid dienone is 2. The van der Waals surface area contributed by atoms with Gasteiger partial charge in [-0.25, -0.2) is 0 Å². The summed E-state index contributed by atoms with van der Waals surface area (Å²) < 4.78 is 0. The summed E-state index contributed by atoms with van der Waals surface area (Å²) in [5.74, 6) is 0.555. The van der Waals surface area contributed by atoms with E-state index in [9.17, 15) is 5.11 Å². The van der Waals surface area contributed by atoms with Gasteiger partial charge < -0.3 is 5.11 Å². The van der Waals surface area contributed by atoms with Gasteiger partial charge in [-0.05, 0) is 19.4 Å². The van der Waals surface area contributed by atoms with Crippen molar-refractivity contribution in [2.24, 2.45) is 0 Å². The molecule has 0 aromatic carbocycles. The van der Waals surface area contributed by atoms with E-state index in [1.165, 1.54) is 57.8 Å². The molecule has 0 heterocycles. The van der Waals surface area contributed by atoms with Crippen molar-refractivity contribution < 1.29 is 5.11 Å². The van der Waals surface area contributed by atoms with Crippen LogP contribution in [0.5, 0.6) is 0 Å². The van der Waals surface area contributed by atoms with Gasteiger partial charge in [0, 0.05) is 6.42 Å². The highest BCUT2D eigenvalue weighted by molar-refractivity contribution is 4.86. The molecule has 0 bridgehead atoms. The zero-order valence-corrected chi connectivity index (χ0v) is 11.3. The molecule has 1 nitrogen and oxygen atoms in total. The monoisotopic (exact) mass is 226 g/mol. The van der Waals surface area contributed by atoms with Crippen LogP contribution in [0.4, 0.5) is 0 Å². The first-order chi connectivity index (χ1) is 7.81. The van der Waals surface area contributed by atoms with Crippen molar-refractivity contribution >= 4 is 0 Å². The average Bonchev–Trinajstić information content (AvgIpc) is 2.31. The molecule has 0 amide bonds. The van der Waals surface area contributed by atoms with Crippen molar-refractivity contribution in [1.82, 2.24) is 0 Å². The van der Waals surface area contributed by atoms with Gasteiger partial charge in [-0.3, -0.25) is 0 Å². The minimum Gasteiger partial charge on any atom is -0.513 e. The number of aliphatic hydroxyl groups excluding tert-OH is 1. The predicted molar refractivity (Wildman–Crippen MR) is 72.8 cm³/mol.